The van der Waals surface area contributed by atoms with Crippen LogP contribution in [-0.2, 0) is 0 Å². The van der Waals surface area contributed by atoms with Gasteiger partial charge in [0.15, 0.2) is 0 Å². The van der Waals surface area contributed by atoms with Crippen molar-refractivity contribution in [1.82, 2.24) is 0 Å². The summed E-state index contributed by atoms with van der Waals surface area (Å²) in [5.41, 5.74) is 1.76. The van der Waals surface area contributed by atoms with Gasteiger partial charge < -0.3 is 0 Å². The summed E-state index contributed by atoms with van der Waals surface area (Å²) in [5.74, 6) is 1.75. The molecule has 1 atom stereocenters. The van der Waals surface area contributed by atoms with Crippen LogP contribution in [0.2, 0.25) is 0 Å². The lowest BCUT2D eigenvalue weighted by Gasteiger charge is -2.23. The molecule has 0 heteroatoms. The van der Waals surface area contributed by atoms with E-state index in [1.54, 1.807) is 5.57 Å². The summed E-state index contributed by atoms with van der Waals surface area (Å²) in [6.07, 6.45) is 15.2. The summed E-state index contributed by atoms with van der Waals surface area (Å²) < 4.78 is 0. The molecule has 0 N–H and O–H groups in total. The van der Waals surface area contributed by atoms with E-state index in [1.807, 2.05) is 0 Å². The molecule has 1 fully saturated rings. The van der Waals surface area contributed by atoms with Crippen LogP contribution in [0, 0.1) is 11.8 Å². The molecule has 1 saturated carbocycles. The van der Waals surface area contributed by atoms with Crippen molar-refractivity contribution in [2.45, 2.75) is 78.6 Å². The lowest BCUT2D eigenvalue weighted by Crippen LogP contribution is -2.10. The average molecular weight is 222 g/mol. The quantitative estimate of drug-likeness (QED) is 0.503. The van der Waals surface area contributed by atoms with Crippen molar-refractivity contribution in [2.24, 2.45) is 11.8 Å². The molecule has 0 amide bonds. The van der Waals surface area contributed by atoms with E-state index >= 15 is 0 Å². The first-order valence-electron chi connectivity index (χ1n) is 7.47. The molecule has 0 aliphatic heterocycles. The minimum absolute atomic E-state index is 0.813. The summed E-state index contributed by atoms with van der Waals surface area (Å²) in [6, 6.07) is 0. The Labute approximate surface area is 103 Å². The second-order valence-corrected chi connectivity index (χ2v) is 5.58. The lowest BCUT2D eigenvalue weighted by atomic mass is 9.83. The molecule has 0 heterocycles. The first kappa shape index (κ1) is 13.8. The summed E-state index contributed by atoms with van der Waals surface area (Å²) in [7, 11) is 0. The van der Waals surface area contributed by atoms with Gasteiger partial charge in [0.25, 0.3) is 0 Å². The predicted octanol–water partition coefficient (Wildman–Crippen LogP) is 5.73. The van der Waals surface area contributed by atoms with Crippen molar-refractivity contribution in [3.63, 3.8) is 0 Å². The van der Waals surface area contributed by atoms with E-state index in [0.29, 0.717) is 0 Å². The zero-order valence-corrected chi connectivity index (χ0v) is 11.6. The maximum Gasteiger partial charge on any atom is -0.0231 e. The first-order valence-corrected chi connectivity index (χ1v) is 7.47. The molecule has 94 valence electrons. The predicted molar refractivity (Wildman–Crippen MR) is 73.6 cm³/mol. The molecule has 16 heavy (non-hydrogen) atoms. The molecule has 1 rings (SSSR count). The topological polar surface area (TPSA) is 0 Å². The smallest absolute Gasteiger partial charge is 0.0231 e. The molecule has 0 saturated heterocycles. The summed E-state index contributed by atoms with van der Waals surface area (Å²) >= 11 is 0. The molecular weight excluding hydrogens is 192 g/mol. The second-order valence-electron chi connectivity index (χ2n) is 5.58. The summed E-state index contributed by atoms with van der Waals surface area (Å²) in [4.78, 5) is 0. The van der Waals surface area contributed by atoms with Crippen LogP contribution in [0.1, 0.15) is 78.6 Å². The fourth-order valence-corrected chi connectivity index (χ4v) is 3.09. The number of allylic oxidation sites excluding steroid dienone is 2. The maximum absolute atomic E-state index is 2.62. The highest BCUT2D eigenvalue weighted by atomic mass is 14.2. The number of hydrogen-bond donors (Lipinski definition) is 0. The zero-order valence-electron chi connectivity index (χ0n) is 11.6. The Hall–Kier alpha value is -0.260. The minimum atomic E-state index is 0.813. The van der Waals surface area contributed by atoms with E-state index in [4.69, 9.17) is 0 Å². The van der Waals surface area contributed by atoms with Gasteiger partial charge in [-0.1, -0.05) is 64.5 Å². The summed E-state index contributed by atoms with van der Waals surface area (Å²) in [5, 5.41) is 0. The van der Waals surface area contributed by atoms with Crippen LogP contribution in [0.15, 0.2) is 11.6 Å². The Balaban J connectivity index is 2.48. The SMILES string of the molecule is CCCC(CCC)C(C)C=C1CCCCC1. The third-order valence-corrected chi connectivity index (χ3v) is 4.06. The van der Waals surface area contributed by atoms with E-state index in [9.17, 15) is 0 Å². The standard InChI is InChI=1S/C16H30/c1-4-9-16(10-5-2)14(3)13-15-11-7-6-8-12-15/h13-14,16H,4-12H2,1-3H3. The molecule has 1 unspecified atom stereocenters. The third-order valence-electron chi connectivity index (χ3n) is 4.06. The van der Waals surface area contributed by atoms with Crippen molar-refractivity contribution in [1.29, 1.82) is 0 Å². The molecule has 0 radical (unpaired) electrons. The molecule has 0 bridgehead atoms. The van der Waals surface area contributed by atoms with Gasteiger partial charge in [0.1, 0.15) is 0 Å². The Morgan fingerprint density at radius 2 is 1.56 bits per heavy atom. The van der Waals surface area contributed by atoms with Crippen LogP contribution in [0.4, 0.5) is 0 Å². The normalized spacial score (nSPS) is 18.9. The van der Waals surface area contributed by atoms with Gasteiger partial charge in [0.2, 0.25) is 0 Å². The first-order chi connectivity index (χ1) is 7.77. The van der Waals surface area contributed by atoms with Gasteiger partial charge in [-0.15, -0.1) is 0 Å². The molecule has 0 aromatic carbocycles. The summed E-state index contributed by atoms with van der Waals surface area (Å²) in [6.45, 7) is 7.09. The van der Waals surface area contributed by atoms with Crippen molar-refractivity contribution in [3.05, 3.63) is 11.6 Å². The highest BCUT2D eigenvalue weighted by Crippen LogP contribution is 2.29. The highest BCUT2D eigenvalue weighted by Gasteiger charge is 2.15. The molecule has 0 aromatic rings. The van der Waals surface area contributed by atoms with Crippen molar-refractivity contribution >= 4 is 0 Å². The van der Waals surface area contributed by atoms with Crippen LogP contribution in [0.3, 0.4) is 0 Å². The van der Waals surface area contributed by atoms with Gasteiger partial charge in [-0.2, -0.15) is 0 Å². The van der Waals surface area contributed by atoms with Gasteiger partial charge in [-0.05, 0) is 37.5 Å². The van der Waals surface area contributed by atoms with Crippen LogP contribution in [-0.4, -0.2) is 0 Å². The fourth-order valence-electron chi connectivity index (χ4n) is 3.09. The largest absolute Gasteiger partial charge is 0.0822 e. The zero-order chi connectivity index (χ0) is 11.8. The molecule has 0 nitrogen and oxygen atoms in total. The fraction of sp³-hybridized carbons (Fsp3) is 0.875. The van der Waals surface area contributed by atoms with Gasteiger partial charge in [-0.3, -0.25) is 0 Å². The monoisotopic (exact) mass is 222 g/mol. The Morgan fingerprint density at radius 1 is 1.00 bits per heavy atom. The number of hydrogen-bond acceptors (Lipinski definition) is 0. The van der Waals surface area contributed by atoms with E-state index in [0.717, 1.165) is 11.8 Å². The van der Waals surface area contributed by atoms with Crippen molar-refractivity contribution < 1.29 is 0 Å². The molecule has 0 spiro atoms. The third kappa shape index (κ3) is 4.72. The van der Waals surface area contributed by atoms with Crippen LogP contribution >= 0.6 is 0 Å². The van der Waals surface area contributed by atoms with E-state index in [2.05, 4.69) is 26.8 Å². The molecule has 1 aliphatic rings. The maximum atomic E-state index is 2.62. The van der Waals surface area contributed by atoms with Crippen molar-refractivity contribution in [2.75, 3.05) is 0 Å². The van der Waals surface area contributed by atoms with Crippen LogP contribution in [0.5, 0.6) is 0 Å². The van der Waals surface area contributed by atoms with E-state index in [1.165, 1.54) is 57.8 Å². The van der Waals surface area contributed by atoms with Crippen molar-refractivity contribution in [3.8, 4) is 0 Å². The van der Waals surface area contributed by atoms with Crippen LogP contribution in [0.25, 0.3) is 0 Å². The molecule has 1 aliphatic carbocycles. The Kier molecular flexibility index (Phi) is 6.84. The van der Waals surface area contributed by atoms with Gasteiger partial charge in [0.05, 0.1) is 0 Å². The van der Waals surface area contributed by atoms with Crippen LogP contribution < -0.4 is 0 Å². The van der Waals surface area contributed by atoms with Gasteiger partial charge in [-0.25, -0.2) is 0 Å². The molecule has 0 aromatic heterocycles. The second kappa shape index (κ2) is 7.92. The van der Waals surface area contributed by atoms with Gasteiger partial charge in [0, 0.05) is 0 Å². The number of rotatable bonds is 6. The Morgan fingerprint density at radius 3 is 2.06 bits per heavy atom. The highest BCUT2D eigenvalue weighted by molar-refractivity contribution is 5.06. The minimum Gasteiger partial charge on any atom is -0.0822 e. The van der Waals surface area contributed by atoms with E-state index < -0.39 is 0 Å². The molecular formula is C16H30. The van der Waals surface area contributed by atoms with E-state index in [-0.39, 0.29) is 0 Å². The Bertz CT molecular complexity index is 188. The lowest BCUT2D eigenvalue weighted by molar-refractivity contribution is 0.356. The van der Waals surface area contributed by atoms with Gasteiger partial charge >= 0.3 is 0 Å². The average Bonchev–Trinajstić information content (AvgIpc) is 2.30.